The summed E-state index contributed by atoms with van der Waals surface area (Å²) in [6, 6.07) is 10.5. The van der Waals surface area contributed by atoms with Crippen LogP contribution < -0.4 is 10.6 Å². The number of likely N-dealkylation sites (N-methyl/N-ethyl adjacent to an activating group) is 1. The lowest BCUT2D eigenvalue weighted by molar-refractivity contribution is 0.0495. The molecule has 1 fully saturated rings. The average molecular weight is 408 g/mol. The van der Waals surface area contributed by atoms with Crippen molar-refractivity contribution >= 4 is 17.9 Å². The molecule has 28 heavy (non-hydrogen) atoms. The molecule has 1 aliphatic heterocycles. The lowest BCUT2D eigenvalue weighted by Gasteiger charge is -2.38. The van der Waals surface area contributed by atoms with Gasteiger partial charge in [0.2, 0.25) is 0 Å². The van der Waals surface area contributed by atoms with Crippen molar-refractivity contribution in [3.63, 3.8) is 0 Å². The Morgan fingerprint density at radius 2 is 1.96 bits per heavy atom. The van der Waals surface area contributed by atoms with E-state index in [0.717, 1.165) is 18.7 Å². The Hall–Kier alpha value is -1.24. The fraction of sp³-hybridized carbons (Fsp3) is 0.682. The standard InChI is InChI=1S/C22H37N3O2S/c1-17(24-20(26)27-21(2,3)4)19(14-18-10-8-7-9-11-18)23-15-22(25(5)6)12-13-28-16-22/h7-11,17,19,23H,12-16H2,1-6H3,(H,24,26)/t17-,19+,22-/m0/s1. The van der Waals surface area contributed by atoms with Crippen LogP contribution >= 0.6 is 11.8 Å². The molecule has 1 aromatic carbocycles. The first-order valence-electron chi connectivity index (χ1n) is 10.1. The van der Waals surface area contributed by atoms with Gasteiger partial charge in [0.25, 0.3) is 0 Å². The summed E-state index contributed by atoms with van der Waals surface area (Å²) in [6.07, 6.45) is 1.68. The molecule has 1 amide bonds. The van der Waals surface area contributed by atoms with Gasteiger partial charge in [-0.05, 0) is 65.9 Å². The van der Waals surface area contributed by atoms with Gasteiger partial charge in [-0.15, -0.1) is 0 Å². The van der Waals surface area contributed by atoms with Gasteiger partial charge in [-0.1, -0.05) is 30.3 Å². The predicted octanol–water partition coefficient (Wildman–Crippen LogP) is 3.54. The van der Waals surface area contributed by atoms with Crippen LogP contribution in [0.2, 0.25) is 0 Å². The first kappa shape index (κ1) is 23.0. The van der Waals surface area contributed by atoms with E-state index in [1.54, 1.807) is 0 Å². The average Bonchev–Trinajstić information content (AvgIpc) is 3.08. The maximum Gasteiger partial charge on any atom is 0.407 e. The number of hydrogen-bond acceptors (Lipinski definition) is 5. The second-order valence-electron chi connectivity index (χ2n) is 9.03. The minimum atomic E-state index is -0.498. The highest BCUT2D eigenvalue weighted by Gasteiger charge is 2.37. The number of carbonyl (C=O) groups is 1. The van der Waals surface area contributed by atoms with Crippen LogP contribution in [0.15, 0.2) is 30.3 Å². The number of carbonyl (C=O) groups excluding carboxylic acids is 1. The quantitative estimate of drug-likeness (QED) is 0.690. The van der Waals surface area contributed by atoms with E-state index in [-0.39, 0.29) is 23.7 Å². The van der Waals surface area contributed by atoms with Gasteiger partial charge < -0.3 is 20.3 Å². The van der Waals surface area contributed by atoms with Gasteiger partial charge in [0.15, 0.2) is 0 Å². The van der Waals surface area contributed by atoms with Crippen molar-refractivity contribution in [3.8, 4) is 0 Å². The molecule has 0 radical (unpaired) electrons. The van der Waals surface area contributed by atoms with Crippen LogP contribution in [0.5, 0.6) is 0 Å². The molecule has 0 aliphatic carbocycles. The molecule has 1 aliphatic rings. The smallest absolute Gasteiger partial charge is 0.407 e. The Balaban J connectivity index is 2.06. The topological polar surface area (TPSA) is 53.6 Å². The number of benzene rings is 1. The Labute approximate surface area is 175 Å². The third-order valence-electron chi connectivity index (χ3n) is 5.37. The van der Waals surface area contributed by atoms with E-state index in [0.29, 0.717) is 0 Å². The van der Waals surface area contributed by atoms with Crippen molar-refractivity contribution in [2.75, 3.05) is 32.1 Å². The van der Waals surface area contributed by atoms with Gasteiger partial charge in [-0.2, -0.15) is 11.8 Å². The van der Waals surface area contributed by atoms with E-state index in [2.05, 4.69) is 60.8 Å². The lowest BCUT2D eigenvalue weighted by Crippen LogP contribution is -2.58. The zero-order valence-corrected chi connectivity index (χ0v) is 19.1. The van der Waals surface area contributed by atoms with Crippen molar-refractivity contribution in [1.29, 1.82) is 0 Å². The Morgan fingerprint density at radius 1 is 1.29 bits per heavy atom. The molecule has 0 bridgehead atoms. The van der Waals surface area contributed by atoms with Crippen molar-refractivity contribution < 1.29 is 9.53 Å². The zero-order chi connectivity index (χ0) is 20.8. The van der Waals surface area contributed by atoms with Crippen LogP contribution in [0.3, 0.4) is 0 Å². The van der Waals surface area contributed by atoms with E-state index in [9.17, 15) is 4.79 Å². The summed E-state index contributed by atoms with van der Waals surface area (Å²) in [6.45, 7) is 8.61. The van der Waals surface area contributed by atoms with Gasteiger partial charge in [0.05, 0.1) is 0 Å². The van der Waals surface area contributed by atoms with Crippen LogP contribution in [0.25, 0.3) is 0 Å². The molecular weight excluding hydrogens is 370 g/mol. The van der Waals surface area contributed by atoms with Crippen LogP contribution in [0.4, 0.5) is 4.79 Å². The molecule has 0 unspecified atom stereocenters. The third-order valence-corrected chi connectivity index (χ3v) is 6.61. The van der Waals surface area contributed by atoms with Crippen LogP contribution in [-0.2, 0) is 11.2 Å². The largest absolute Gasteiger partial charge is 0.444 e. The molecule has 2 rings (SSSR count). The fourth-order valence-electron chi connectivity index (χ4n) is 3.46. The number of nitrogens with one attached hydrogen (secondary N) is 2. The summed E-state index contributed by atoms with van der Waals surface area (Å²) in [5, 5.41) is 6.81. The van der Waals surface area contributed by atoms with Crippen LogP contribution in [-0.4, -0.2) is 66.4 Å². The summed E-state index contributed by atoms with van der Waals surface area (Å²) >= 11 is 2.02. The molecule has 1 aromatic rings. The number of rotatable bonds is 8. The number of thioether (sulfide) groups is 1. The second-order valence-corrected chi connectivity index (χ2v) is 10.1. The van der Waals surface area contributed by atoms with E-state index >= 15 is 0 Å². The molecule has 2 N–H and O–H groups in total. The molecule has 0 spiro atoms. The predicted molar refractivity (Wildman–Crippen MR) is 119 cm³/mol. The maximum absolute atomic E-state index is 12.3. The minimum Gasteiger partial charge on any atom is -0.444 e. The highest BCUT2D eigenvalue weighted by molar-refractivity contribution is 7.99. The first-order valence-corrected chi connectivity index (χ1v) is 11.3. The molecule has 1 heterocycles. The van der Waals surface area contributed by atoms with Gasteiger partial charge in [-0.3, -0.25) is 0 Å². The van der Waals surface area contributed by atoms with Gasteiger partial charge >= 0.3 is 6.09 Å². The zero-order valence-electron chi connectivity index (χ0n) is 18.2. The number of nitrogens with zero attached hydrogens (tertiary/aromatic N) is 1. The molecule has 158 valence electrons. The number of hydrogen-bond donors (Lipinski definition) is 2. The van der Waals surface area contributed by atoms with Gasteiger partial charge in [-0.25, -0.2) is 4.79 Å². The van der Waals surface area contributed by atoms with E-state index < -0.39 is 5.60 Å². The molecule has 1 saturated heterocycles. The second kappa shape index (κ2) is 9.99. The first-order chi connectivity index (χ1) is 13.1. The van der Waals surface area contributed by atoms with E-state index in [1.165, 1.54) is 17.7 Å². The highest BCUT2D eigenvalue weighted by atomic mass is 32.2. The molecule has 6 heteroatoms. The molecular formula is C22H37N3O2S. The van der Waals surface area contributed by atoms with Gasteiger partial charge in [0, 0.05) is 29.9 Å². The summed E-state index contributed by atoms with van der Waals surface area (Å²) in [5.74, 6) is 2.34. The fourth-order valence-corrected chi connectivity index (χ4v) is 5.01. The maximum atomic E-state index is 12.3. The Bertz CT molecular complexity index is 610. The molecule has 0 saturated carbocycles. The highest BCUT2D eigenvalue weighted by Crippen LogP contribution is 2.31. The molecule has 3 atom stereocenters. The van der Waals surface area contributed by atoms with Crippen LogP contribution in [0.1, 0.15) is 39.7 Å². The van der Waals surface area contributed by atoms with Crippen molar-refractivity contribution in [1.82, 2.24) is 15.5 Å². The third kappa shape index (κ3) is 6.98. The SMILES string of the molecule is C[C@H](NC(=O)OC(C)(C)C)[C@@H](Cc1ccccc1)NC[C@@]1(N(C)C)CCSC1. The van der Waals surface area contributed by atoms with Crippen molar-refractivity contribution in [2.45, 2.75) is 63.8 Å². The van der Waals surface area contributed by atoms with Crippen molar-refractivity contribution in [2.24, 2.45) is 0 Å². The van der Waals surface area contributed by atoms with E-state index in [1.807, 2.05) is 38.6 Å². The summed E-state index contributed by atoms with van der Waals surface area (Å²) in [7, 11) is 4.34. The number of ether oxygens (including phenoxy) is 1. The van der Waals surface area contributed by atoms with Gasteiger partial charge in [0.1, 0.15) is 5.60 Å². The summed E-state index contributed by atoms with van der Waals surface area (Å²) < 4.78 is 5.46. The minimum absolute atomic E-state index is 0.0525. The number of alkyl carbamates (subject to hydrolysis) is 1. The monoisotopic (exact) mass is 407 g/mol. The lowest BCUT2D eigenvalue weighted by atomic mass is 9.94. The Morgan fingerprint density at radius 3 is 2.50 bits per heavy atom. The van der Waals surface area contributed by atoms with Crippen molar-refractivity contribution in [3.05, 3.63) is 35.9 Å². The number of amides is 1. The molecule has 0 aromatic heterocycles. The normalized spacial score (nSPS) is 22.1. The molecule has 5 nitrogen and oxygen atoms in total. The van der Waals surface area contributed by atoms with E-state index in [4.69, 9.17) is 4.74 Å². The Kier molecular flexibility index (Phi) is 8.22. The van der Waals surface area contributed by atoms with Crippen LogP contribution in [0, 0.1) is 0 Å². The summed E-state index contributed by atoms with van der Waals surface area (Å²) in [5.41, 5.74) is 0.936. The summed E-state index contributed by atoms with van der Waals surface area (Å²) in [4.78, 5) is 14.6.